The fourth-order valence-corrected chi connectivity index (χ4v) is 2.61. The third-order valence-electron chi connectivity index (χ3n) is 3.66. The van der Waals surface area contributed by atoms with E-state index in [4.69, 9.17) is 4.74 Å². The number of ether oxygens (including phenoxy) is 1. The molecular formula is C13H17N5O2. The van der Waals surface area contributed by atoms with Gasteiger partial charge in [-0.25, -0.2) is 4.98 Å². The number of rotatable bonds is 4. The second-order valence-electron chi connectivity index (χ2n) is 5.02. The van der Waals surface area contributed by atoms with Gasteiger partial charge in [0, 0.05) is 31.4 Å². The van der Waals surface area contributed by atoms with E-state index in [1.54, 1.807) is 19.5 Å². The van der Waals surface area contributed by atoms with E-state index in [1.807, 2.05) is 12.1 Å². The highest BCUT2D eigenvalue weighted by atomic mass is 16.5. The third-order valence-corrected chi connectivity index (χ3v) is 3.66. The molecule has 3 rings (SSSR count). The van der Waals surface area contributed by atoms with Crippen molar-refractivity contribution in [2.24, 2.45) is 0 Å². The highest BCUT2D eigenvalue weighted by molar-refractivity contribution is 5.25. The summed E-state index contributed by atoms with van der Waals surface area (Å²) < 4.78 is 5.25. The Hall–Kier alpha value is -1.99. The molecule has 1 aliphatic rings. The van der Waals surface area contributed by atoms with Gasteiger partial charge in [-0.05, 0) is 12.5 Å². The highest BCUT2D eigenvalue weighted by Gasteiger charge is 2.39. The first-order chi connectivity index (χ1) is 9.71. The van der Waals surface area contributed by atoms with Gasteiger partial charge in [0.25, 0.3) is 0 Å². The van der Waals surface area contributed by atoms with Crippen LogP contribution in [0.3, 0.4) is 0 Å². The lowest BCUT2D eigenvalue weighted by Gasteiger charge is -2.21. The minimum atomic E-state index is -0.928. The number of hydrogen-bond donors (Lipinski definition) is 2. The van der Waals surface area contributed by atoms with E-state index in [0.717, 1.165) is 12.1 Å². The lowest BCUT2D eigenvalue weighted by Crippen LogP contribution is -2.31. The number of H-pyrrole nitrogens is 1. The SMILES string of the molecule is COc1ncccc1CN1CC[C@](O)(c2cn[nH]n2)C1. The van der Waals surface area contributed by atoms with E-state index in [-0.39, 0.29) is 0 Å². The summed E-state index contributed by atoms with van der Waals surface area (Å²) in [5.41, 5.74) is 0.681. The van der Waals surface area contributed by atoms with E-state index < -0.39 is 5.60 Å². The molecule has 7 heteroatoms. The second kappa shape index (κ2) is 5.18. The molecule has 0 amide bonds. The lowest BCUT2D eigenvalue weighted by atomic mass is 10.00. The first-order valence-corrected chi connectivity index (χ1v) is 6.50. The number of aromatic amines is 1. The van der Waals surface area contributed by atoms with Gasteiger partial charge in [-0.1, -0.05) is 6.07 Å². The lowest BCUT2D eigenvalue weighted by molar-refractivity contribution is 0.0408. The number of nitrogens with zero attached hydrogens (tertiary/aromatic N) is 4. The number of methoxy groups -OCH3 is 1. The van der Waals surface area contributed by atoms with E-state index in [0.29, 0.717) is 31.1 Å². The molecule has 0 radical (unpaired) electrons. The van der Waals surface area contributed by atoms with Gasteiger partial charge in [0.15, 0.2) is 0 Å². The van der Waals surface area contributed by atoms with Crippen molar-refractivity contribution in [2.75, 3.05) is 20.2 Å². The highest BCUT2D eigenvalue weighted by Crippen LogP contribution is 2.31. The fourth-order valence-electron chi connectivity index (χ4n) is 2.61. The maximum absolute atomic E-state index is 10.6. The third kappa shape index (κ3) is 2.37. The van der Waals surface area contributed by atoms with Gasteiger partial charge < -0.3 is 9.84 Å². The standard InChI is InChI=1S/C13H17N5O2/c1-20-12-10(3-2-5-14-12)8-18-6-4-13(19,9-18)11-7-15-17-16-11/h2-3,5,7,19H,4,6,8-9H2,1H3,(H,15,16,17)/t13-/m1/s1. The molecule has 20 heavy (non-hydrogen) atoms. The van der Waals surface area contributed by atoms with Crippen LogP contribution in [0.15, 0.2) is 24.5 Å². The topological polar surface area (TPSA) is 87.2 Å². The largest absolute Gasteiger partial charge is 0.481 e. The van der Waals surface area contributed by atoms with Crippen LogP contribution in [0.2, 0.25) is 0 Å². The molecule has 2 aromatic heterocycles. The summed E-state index contributed by atoms with van der Waals surface area (Å²) in [7, 11) is 1.61. The van der Waals surface area contributed by atoms with Crippen LogP contribution in [0.5, 0.6) is 5.88 Å². The van der Waals surface area contributed by atoms with Gasteiger partial charge in [-0.15, -0.1) is 0 Å². The van der Waals surface area contributed by atoms with E-state index in [1.165, 1.54) is 0 Å². The smallest absolute Gasteiger partial charge is 0.217 e. The summed E-state index contributed by atoms with van der Waals surface area (Å²) in [5.74, 6) is 0.629. The molecule has 0 bridgehead atoms. The zero-order valence-electron chi connectivity index (χ0n) is 11.3. The fraction of sp³-hybridized carbons (Fsp3) is 0.462. The Balaban J connectivity index is 1.72. The first-order valence-electron chi connectivity index (χ1n) is 6.50. The average Bonchev–Trinajstić information content (AvgIpc) is 3.10. The number of pyridine rings is 1. The predicted octanol–water partition coefficient (Wildman–Crippen LogP) is 0.302. The molecule has 1 fully saturated rings. The van der Waals surface area contributed by atoms with Crippen LogP contribution in [0.1, 0.15) is 17.7 Å². The van der Waals surface area contributed by atoms with Crippen molar-refractivity contribution in [1.82, 2.24) is 25.3 Å². The molecule has 106 valence electrons. The maximum Gasteiger partial charge on any atom is 0.217 e. The van der Waals surface area contributed by atoms with Crippen molar-refractivity contribution < 1.29 is 9.84 Å². The molecule has 1 atom stereocenters. The molecule has 2 aromatic rings. The van der Waals surface area contributed by atoms with Gasteiger partial charge >= 0.3 is 0 Å². The van der Waals surface area contributed by atoms with Crippen molar-refractivity contribution >= 4 is 0 Å². The number of aliphatic hydroxyl groups is 1. The Bertz CT molecular complexity index is 574. The number of aromatic nitrogens is 4. The van der Waals surface area contributed by atoms with Crippen LogP contribution >= 0.6 is 0 Å². The van der Waals surface area contributed by atoms with Crippen LogP contribution in [0, 0.1) is 0 Å². The molecular weight excluding hydrogens is 258 g/mol. The minimum absolute atomic E-state index is 0.525. The quantitative estimate of drug-likeness (QED) is 0.834. The molecule has 1 saturated heterocycles. The van der Waals surface area contributed by atoms with Gasteiger partial charge in [-0.2, -0.15) is 15.4 Å². The van der Waals surface area contributed by atoms with Crippen LogP contribution in [-0.4, -0.2) is 50.6 Å². The van der Waals surface area contributed by atoms with Crippen molar-refractivity contribution in [3.05, 3.63) is 35.8 Å². The summed E-state index contributed by atoms with van der Waals surface area (Å²) in [6, 6.07) is 3.87. The Morgan fingerprint density at radius 1 is 1.55 bits per heavy atom. The van der Waals surface area contributed by atoms with Gasteiger partial charge in [0.1, 0.15) is 11.3 Å². The Labute approximate surface area is 116 Å². The summed E-state index contributed by atoms with van der Waals surface area (Å²) in [6.07, 6.45) is 3.92. The Kier molecular flexibility index (Phi) is 3.37. The molecule has 2 N–H and O–H groups in total. The normalized spacial score (nSPS) is 23.1. The zero-order chi connectivity index (χ0) is 14.0. The van der Waals surface area contributed by atoms with Crippen LogP contribution in [0.25, 0.3) is 0 Å². The number of nitrogens with one attached hydrogen (secondary N) is 1. The van der Waals surface area contributed by atoms with Crippen LogP contribution in [0.4, 0.5) is 0 Å². The van der Waals surface area contributed by atoms with Gasteiger partial charge in [0.2, 0.25) is 5.88 Å². The van der Waals surface area contributed by atoms with Crippen molar-refractivity contribution in [2.45, 2.75) is 18.6 Å². The number of hydrogen-bond acceptors (Lipinski definition) is 6. The van der Waals surface area contributed by atoms with Crippen molar-refractivity contribution in [3.8, 4) is 5.88 Å². The molecule has 0 unspecified atom stereocenters. The van der Waals surface area contributed by atoms with E-state index in [2.05, 4.69) is 25.3 Å². The van der Waals surface area contributed by atoms with Crippen LogP contribution in [-0.2, 0) is 12.1 Å². The Morgan fingerprint density at radius 3 is 3.20 bits per heavy atom. The zero-order valence-corrected chi connectivity index (χ0v) is 11.3. The Morgan fingerprint density at radius 2 is 2.45 bits per heavy atom. The molecule has 3 heterocycles. The predicted molar refractivity (Wildman–Crippen MR) is 71.0 cm³/mol. The molecule has 0 spiro atoms. The second-order valence-corrected chi connectivity index (χ2v) is 5.02. The van der Waals surface area contributed by atoms with E-state index >= 15 is 0 Å². The van der Waals surface area contributed by atoms with Crippen molar-refractivity contribution in [1.29, 1.82) is 0 Å². The molecule has 0 aromatic carbocycles. The van der Waals surface area contributed by atoms with Gasteiger partial charge in [0.05, 0.1) is 13.3 Å². The minimum Gasteiger partial charge on any atom is -0.481 e. The summed E-state index contributed by atoms with van der Waals surface area (Å²) in [5, 5.41) is 20.9. The van der Waals surface area contributed by atoms with E-state index in [9.17, 15) is 5.11 Å². The summed E-state index contributed by atoms with van der Waals surface area (Å²) in [4.78, 5) is 6.35. The monoisotopic (exact) mass is 275 g/mol. The number of likely N-dealkylation sites (tertiary alicyclic amines) is 1. The number of β-amino-alcohol motifs (C(OH)–C–C–N with tert-alkyl or cyclic N) is 1. The van der Waals surface area contributed by atoms with Gasteiger partial charge in [-0.3, -0.25) is 4.90 Å². The average molecular weight is 275 g/mol. The first kappa shape index (κ1) is 13.0. The van der Waals surface area contributed by atoms with Crippen LogP contribution < -0.4 is 4.74 Å². The molecule has 0 aliphatic carbocycles. The summed E-state index contributed by atoms with van der Waals surface area (Å²) in [6.45, 7) is 2.01. The summed E-state index contributed by atoms with van der Waals surface area (Å²) >= 11 is 0. The molecule has 7 nitrogen and oxygen atoms in total. The van der Waals surface area contributed by atoms with Crippen molar-refractivity contribution in [3.63, 3.8) is 0 Å². The molecule has 0 saturated carbocycles. The molecule has 1 aliphatic heterocycles. The maximum atomic E-state index is 10.6.